The van der Waals surface area contributed by atoms with Gasteiger partial charge in [0.15, 0.2) is 0 Å². The van der Waals surface area contributed by atoms with E-state index in [-0.39, 0.29) is 0 Å². The average molecular weight is 457 g/mol. The van der Waals surface area contributed by atoms with E-state index in [1.807, 2.05) is 36.3 Å². The van der Waals surface area contributed by atoms with Gasteiger partial charge in [-0.15, -0.1) is 0 Å². The minimum atomic E-state index is -3.41. The highest BCUT2D eigenvalue weighted by molar-refractivity contribution is 7.89. The molecule has 2 aliphatic rings. The van der Waals surface area contributed by atoms with Crippen LogP contribution in [0.5, 0.6) is 0 Å². The summed E-state index contributed by atoms with van der Waals surface area (Å²) in [6.45, 7) is 1.22. The Hall–Kier alpha value is -3.29. The Balaban J connectivity index is 1.33. The first kappa shape index (κ1) is 20.3. The largest absolute Gasteiger partial charge is 0.334 e. The van der Waals surface area contributed by atoms with Gasteiger partial charge in [0, 0.05) is 43.9 Å². The van der Waals surface area contributed by atoms with Crippen molar-refractivity contribution in [1.82, 2.24) is 18.8 Å². The second-order valence-corrected chi connectivity index (χ2v) is 10.7. The van der Waals surface area contributed by atoms with Crippen LogP contribution in [-0.4, -0.2) is 40.3 Å². The summed E-state index contributed by atoms with van der Waals surface area (Å²) in [5.41, 5.74) is 8.53. The molecule has 0 saturated carbocycles. The molecule has 2 aromatic heterocycles. The molecular formula is C26H24N4O2S. The quantitative estimate of drug-likeness (QED) is 0.456. The Labute approximate surface area is 193 Å². The molecule has 4 aromatic rings. The maximum atomic E-state index is 12.8. The van der Waals surface area contributed by atoms with Crippen LogP contribution in [0.4, 0.5) is 0 Å². The summed E-state index contributed by atoms with van der Waals surface area (Å²) in [5.74, 6) is 0. The number of aromatic nitrogens is 3. The molecule has 0 amide bonds. The van der Waals surface area contributed by atoms with Crippen molar-refractivity contribution in [2.45, 2.75) is 24.2 Å². The fourth-order valence-electron chi connectivity index (χ4n) is 4.82. The Bertz CT molecular complexity index is 1510. The molecule has 0 spiro atoms. The number of hydrogen-bond donors (Lipinski definition) is 0. The van der Waals surface area contributed by atoms with E-state index >= 15 is 0 Å². The van der Waals surface area contributed by atoms with Crippen LogP contribution >= 0.6 is 0 Å². The first-order chi connectivity index (χ1) is 16.0. The van der Waals surface area contributed by atoms with Gasteiger partial charge in [0.1, 0.15) is 0 Å². The summed E-state index contributed by atoms with van der Waals surface area (Å²) in [6, 6.07) is 15.7. The van der Waals surface area contributed by atoms with Gasteiger partial charge >= 0.3 is 0 Å². The summed E-state index contributed by atoms with van der Waals surface area (Å²) in [4.78, 5) is 9.49. The van der Waals surface area contributed by atoms with Crippen LogP contribution in [0.2, 0.25) is 0 Å². The topological polar surface area (TPSA) is 68.1 Å². The molecule has 6 nitrogen and oxygen atoms in total. The van der Waals surface area contributed by atoms with Gasteiger partial charge in [0.05, 0.1) is 28.0 Å². The fourth-order valence-corrected chi connectivity index (χ4v) is 6.34. The standard InChI is InChI=1S/C26H24N4O2S/c1-29-17-28-25-10-6-19(15-26(25)29)22-9-11-24-23(22)14-20(16-27-24)18-4-7-21(8-5-18)33(31,32)30-12-2-3-13-30/h4-10,14-17H,2-3,11-13H2,1H3. The predicted octanol–water partition coefficient (Wildman–Crippen LogP) is 4.41. The van der Waals surface area contributed by atoms with Crippen molar-refractivity contribution in [3.8, 4) is 11.1 Å². The zero-order valence-electron chi connectivity index (χ0n) is 18.4. The molecule has 6 rings (SSSR count). The molecule has 1 aliphatic heterocycles. The molecule has 7 heteroatoms. The minimum absolute atomic E-state index is 0.354. The zero-order chi connectivity index (χ0) is 22.6. The number of pyridine rings is 1. The van der Waals surface area contributed by atoms with Crippen LogP contribution in [0, 0.1) is 0 Å². The van der Waals surface area contributed by atoms with Crippen molar-refractivity contribution in [3.05, 3.63) is 84.0 Å². The molecule has 0 bridgehead atoms. The third-order valence-electron chi connectivity index (χ3n) is 6.69. The number of benzene rings is 2. The Kier molecular flexibility index (Phi) is 4.71. The van der Waals surface area contributed by atoms with Gasteiger partial charge in [-0.25, -0.2) is 13.4 Å². The molecule has 1 aliphatic carbocycles. The molecule has 3 heterocycles. The number of nitrogens with zero attached hydrogens (tertiary/aromatic N) is 4. The van der Waals surface area contributed by atoms with Crippen molar-refractivity contribution < 1.29 is 8.42 Å². The van der Waals surface area contributed by atoms with Crippen molar-refractivity contribution in [1.29, 1.82) is 0 Å². The lowest BCUT2D eigenvalue weighted by Crippen LogP contribution is -2.27. The smallest absolute Gasteiger partial charge is 0.243 e. The van der Waals surface area contributed by atoms with Gasteiger partial charge in [-0.1, -0.05) is 24.3 Å². The van der Waals surface area contributed by atoms with E-state index in [4.69, 9.17) is 4.98 Å². The van der Waals surface area contributed by atoms with Gasteiger partial charge < -0.3 is 4.57 Å². The molecule has 0 atom stereocenters. The molecule has 33 heavy (non-hydrogen) atoms. The third kappa shape index (κ3) is 3.39. The molecule has 1 fully saturated rings. The third-order valence-corrected chi connectivity index (χ3v) is 8.60. The molecule has 0 unspecified atom stereocenters. The van der Waals surface area contributed by atoms with E-state index in [2.05, 4.69) is 35.3 Å². The SMILES string of the molecule is Cn1cnc2ccc(C3=CCc4ncc(-c5ccc(S(=O)(=O)N6CCCC6)cc5)cc43)cc21. The summed E-state index contributed by atoms with van der Waals surface area (Å²) >= 11 is 0. The number of imidazole rings is 1. The zero-order valence-corrected chi connectivity index (χ0v) is 19.2. The summed E-state index contributed by atoms with van der Waals surface area (Å²) in [5, 5.41) is 0. The van der Waals surface area contributed by atoms with E-state index in [1.54, 1.807) is 16.4 Å². The summed E-state index contributed by atoms with van der Waals surface area (Å²) in [6.07, 6.45) is 8.61. The summed E-state index contributed by atoms with van der Waals surface area (Å²) < 4.78 is 29.3. The van der Waals surface area contributed by atoms with Crippen LogP contribution in [0.3, 0.4) is 0 Å². The minimum Gasteiger partial charge on any atom is -0.334 e. The van der Waals surface area contributed by atoms with Crippen molar-refractivity contribution >= 4 is 26.6 Å². The van der Waals surface area contributed by atoms with Gasteiger partial charge in [-0.2, -0.15) is 4.31 Å². The second kappa shape index (κ2) is 7.64. The van der Waals surface area contributed by atoms with Crippen LogP contribution in [0.1, 0.15) is 29.7 Å². The molecule has 2 aromatic carbocycles. The van der Waals surface area contributed by atoms with E-state index < -0.39 is 10.0 Å². The number of aryl methyl sites for hydroxylation is 1. The maximum absolute atomic E-state index is 12.8. The summed E-state index contributed by atoms with van der Waals surface area (Å²) in [7, 11) is -1.40. The van der Waals surface area contributed by atoms with Crippen LogP contribution in [0.15, 0.2) is 72.0 Å². The van der Waals surface area contributed by atoms with Crippen LogP contribution in [-0.2, 0) is 23.5 Å². The van der Waals surface area contributed by atoms with Crippen LogP contribution < -0.4 is 0 Å². The van der Waals surface area contributed by atoms with Crippen molar-refractivity contribution in [2.75, 3.05) is 13.1 Å². The lowest BCUT2D eigenvalue weighted by atomic mass is 9.97. The highest BCUT2D eigenvalue weighted by Crippen LogP contribution is 2.35. The van der Waals surface area contributed by atoms with Crippen molar-refractivity contribution in [3.63, 3.8) is 0 Å². The predicted molar refractivity (Wildman–Crippen MR) is 129 cm³/mol. The highest BCUT2D eigenvalue weighted by atomic mass is 32.2. The number of fused-ring (bicyclic) bond motifs is 2. The molecule has 0 N–H and O–H groups in total. The van der Waals surface area contributed by atoms with Gasteiger partial charge in [0.2, 0.25) is 10.0 Å². The number of allylic oxidation sites excluding steroid dienone is 1. The highest BCUT2D eigenvalue weighted by Gasteiger charge is 2.27. The van der Waals surface area contributed by atoms with E-state index in [0.29, 0.717) is 18.0 Å². The first-order valence-corrected chi connectivity index (χ1v) is 12.7. The molecule has 0 radical (unpaired) electrons. The monoisotopic (exact) mass is 456 g/mol. The second-order valence-electron chi connectivity index (χ2n) is 8.73. The van der Waals surface area contributed by atoms with E-state index in [1.165, 1.54) is 5.57 Å². The lowest BCUT2D eigenvalue weighted by molar-refractivity contribution is 0.477. The van der Waals surface area contributed by atoms with Crippen molar-refractivity contribution in [2.24, 2.45) is 7.05 Å². The van der Waals surface area contributed by atoms with Gasteiger partial charge in [-0.3, -0.25) is 4.98 Å². The van der Waals surface area contributed by atoms with E-state index in [0.717, 1.165) is 58.2 Å². The lowest BCUT2D eigenvalue weighted by Gasteiger charge is -2.15. The molecular weight excluding hydrogens is 432 g/mol. The average Bonchev–Trinajstić information content (AvgIpc) is 3.59. The normalized spacial score (nSPS) is 16.3. The maximum Gasteiger partial charge on any atom is 0.243 e. The van der Waals surface area contributed by atoms with Crippen LogP contribution in [0.25, 0.3) is 27.7 Å². The first-order valence-electron chi connectivity index (χ1n) is 11.2. The Morgan fingerprint density at radius 3 is 2.42 bits per heavy atom. The van der Waals surface area contributed by atoms with E-state index in [9.17, 15) is 8.42 Å². The Morgan fingerprint density at radius 1 is 0.879 bits per heavy atom. The molecule has 1 saturated heterocycles. The number of hydrogen-bond acceptors (Lipinski definition) is 4. The van der Waals surface area contributed by atoms with Gasteiger partial charge in [0.25, 0.3) is 0 Å². The molecule has 166 valence electrons. The van der Waals surface area contributed by atoms with Gasteiger partial charge in [-0.05, 0) is 59.9 Å². The fraction of sp³-hybridized carbons (Fsp3) is 0.231. The number of sulfonamides is 1. The Morgan fingerprint density at radius 2 is 1.64 bits per heavy atom. The number of rotatable bonds is 4.